The van der Waals surface area contributed by atoms with E-state index < -0.39 is 13.0 Å². The first-order valence-electron chi connectivity index (χ1n) is 11.0. The van der Waals surface area contributed by atoms with Crippen molar-refractivity contribution in [2.75, 3.05) is 19.0 Å². The minimum Gasteiger partial charge on any atom is -0.488 e. The Kier molecular flexibility index (Phi) is 5.97. The van der Waals surface area contributed by atoms with E-state index in [-0.39, 0.29) is 11.6 Å². The summed E-state index contributed by atoms with van der Waals surface area (Å²) < 4.78 is 13.0. The number of amides is 1. The molecule has 0 bridgehead atoms. The SMILES string of the molecule is COc1nc2c(C(N)=O)cccc2n1-c1nc2c(c(NCc3cccc(B(O)O)c3)n1)OCCC2. The standard InChI is InChI=1S/C23H23BN6O5/c1-34-23-28-18-15(20(25)31)7-3-9-17(18)30(23)22-27-16-8-4-10-35-19(16)21(29-22)26-12-13-5-2-6-14(11-13)24(32)33/h2-3,5-7,9,11,32-33H,4,8,10,12H2,1H3,(H2,25,31)(H,26,27,29). The molecule has 0 unspecified atom stereocenters. The molecule has 1 aliphatic heterocycles. The van der Waals surface area contributed by atoms with Gasteiger partial charge in [0.1, 0.15) is 5.52 Å². The highest BCUT2D eigenvalue weighted by atomic mass is 16.5. The number of imidazole rings is 1. The monoisotopic (exact) mass is 474 g/mol. The van der Waals surface area contributed by atoms with Crippen LogP contribution in [0, 0.1) is 0 Å². The lowest BCUT2D eigenvalue weighted by atomic mass is 9.80. The van der Waals surface area contributed by atoms with Gasteiger partial charge in [0, 0.05) is 6.54 Å². The average molecular weight is 474 g/mol. The van der Waals surface area contributed by atoms with Crippen LogP contribution < -0.4 is 26.0 Å². The maximum atomic E-state index is 11.9. The van der Waals surface area contributed by atoms with Gasteiger partial charge in [-0.05, 0) is 36.0 Å². The number of aromatic nitrogens is 4. The van der Waals surface area contributed by atoms with Crippen molar-refractivity contribution >= 4 is 35.3 Å². The maximum absolute atomic E-state index is 11.9. The highest BCUT2D eigenvalue weighted by Crippen LogP contribution is 2.34. The van der Waals surface area contributed by atoms with Crippen LogP contribution in [0.15, 0.2) is 42.5 Å². The van der Waals surface area contributed by atoms with Crippen molar-refractivity contribution in [3.63, 3.8) is 0 Å². The Morgan fingerprint density at radius 2 is 2.06 bits per heavy atom. The zero-order chi connectivity index (χ0) is 24.5. The van der Waals surface area contributed by atoms with E-state index in [4.69, 9.17) is 25.2 Å². The van der Waals surface area contributed by atoms with E-state index >= 15 is 0 Å². The van der Waals surface area contributed by atoms with Gasteiger partial charge in [0.05, 0.1) is 30.5 Å². The number of benzene rings is 2. The fraction of sp³-hybridized carbons (Fsp3) is 0.217. The molecule has 12 heteroatoms. The van der Waals surface area contributed by atoms with E-state index in [1.165, 1.54) is 7.11 Å². The lowest BCUT2D eigenvalue weighted by Crippen LogP contribution is -2.30. The van der Waals surface area contributed by atoms with E-state index in [0.717, 1.165) is 17.7 Å². The molecule has 0 fully saturated rings. The molecule has 5 N–H and O–H groups in total. The van der Waals surface area contributed by atoms with E-state index in [9.17, 15) is 14.8 Å². The van der Waals surface area contributed by atoms with Crippen molar-refractivity contribution in [3.8, 4) is 17.7 Å². The predicted molar refractivity (Wildman–Crippen MR) is 129 cm³/mol. The topological polar surface area (TPSA) is 158 Å². The van der Waals surface area contributed by atoms with Crippen LogP contribution in [0.25, 0.3) is 17.0 Å². The summed E-state index contributed by atoms with van der Waals surface area (Å²) in [5.41, 5.74) is 8.73. The number of aryl methyl sites for hydroxylation is 1. The quantitative estimate of drug-likeness (QED) is 0.281. The average Bonchev–Trinajstić information content (AvgIpc) is 3.26. The predicted octanol–water partition coefficient (Wildman–Crippen LogP) is 0.540. The fourth-order valence-electron chi connectivity index (χ4n) is 4.10. The first kappa shape index (κ1) is 22.6. The van der Waals surface area contributed by atoms with Crippen molar-refractivity contribution in [1.82, 2.24) is 19.5 Å². The number of fused-ring (bicyclic) bond motifs is 2. The van der Waals surface area contributed by atoms with E-state index in [1.807, 2.05) is 6.07 Å². The third-order valence-corrected chi connectivity index (χ3v) is 5.74. The van der Waals surface area contributed by atoms with Gasteiger partial charge in [-0.2, -0.15) is 9.97 Å². The van der Waals surface area contributed by atoms with Gasteiger partial charge in [0.15, 0.2) is 11.6 Å². The number of hydrogen-bond donors (Lipinski definition) is 4. The van der Waals surface area contributed by atoms with Gasteiger partial charge in [-0.1, -0.05) is 30.3 Å². The number of carbonyl (C=O) groups excluding carboxylic acids is 1. The molecule has 0 saturated carbocycles. The molecule has 3 heterocycles. The summed E-state index contributed by atoms with van der Waals surface area (Å²) in [5.74, 6) is 0.756. The molecule has 1 amide bonds. The number of nitrogens with one attached hydrogen (secondary N) is 1. The summed E-state index contributed by atoms with van der Waals surface area (Å²) >= 11 is 0. The fourth-order valence-corrected chi connectivity index (χ4v) is 4.10. The molecule has 178 valence electrons. The number of hydrogen-bond acceptors (Lipinski definition) is 9. The number of methoxy groups -OCH3 is 1. The first-order chi connectivity index (χ1) is 17.0. The summed E-state index contributed by atoms with van der Waals surface area (Å²) in [7, 11) is -0.0748. The Hall–Kier alpha value is -4.16. The maximum Gasteiger partial charge on any atom is 0.488 e. The molecule has 0 aliphatic carbocycles. The molecule has 0 atom stereocenters. The number of rotatable bonds is 7. The van der Waals surface area contributed by atoms with Crippen LogP contribution in [0.4, 0.5) is 5.82 Å². The first-order valence-corrected chi connectivity index (χ1v) is 11.0. The van der Waals surface area contributed by atoms with Gasteiger partial charge >= 0.3 is 13.1 Å². The number of para-hydroxylation sites is 1. The zero-order valence-electron chi connectivity index (χ0n) is 18.9. The number of nitrogens with zero attached hydrogens (tertiary/aromatic N) is 4. The smallest absolute Gasteiger partial charge is 0.488 e. The van der Waals surface area contributed by atoms with Gasteiger partial charge in [-0.25, -0.2) is 9.55 Å². The second-order valence-corrected chi connectivity index (χ2v) is 8.04. The number of primary amides is 1. The van der Waals surface area contributed by atoms with Crippen LogP contribution >= 0.6 is 0 Å². The molecular weight excluding hydrogens is 451 g/mol. The van der Waals surface area contributed by atoms with Crippen LogP contribution in [-0.2, 0) is 13.0 Å². The van der Waals surface area contributed by atoms with Crippen LogP contribution in [-0.4, -0.2) is 56.3 Å². The highest BCUT2D eigenvalue weighted by molar-refractivity contribution is 6.58. The molecule has 0 radical (unpaired) electrons. The summed E-state index contributed by atoms with van der Waals surface area (Å²) in [6.07, 6.45) is 1.51. The lowest BCUT2D eigenvalue weighted by molar-refractivity contribution is 0.100. The Morgan fingerprint density at radius 3 is 2.83 bits per heavy atom. The normalized spacial score (nSPS) is 12.7. The molecule has 0 saturated heterocycles. The van der Waals surface area contributed by atoms with Crippen molar-refractivity contribution in [3.05, 3.63) is 59.3 Å². The second-order valence-electron chi connectivity index (χ2n) is 8.04. The molecule has 0 spiro atoms. The van der Waals surface area contributed by atoms with Crippen molar-refractivity contribution in [2.24, 2.45) is 5.73 Å². The number of carbonyl (C=O) groups is 1. The largest absolute Gasteiger partial charge is 0.488 e. The molecule has 35 heavy (non-hydrogen) atoms. The van der Waals surface area contributed by atoms with E-state index in [1.54, 1.807) is 41.0 Å². The Labute approximate surface area is 200 Å². The number of nitrogens with two attached hydrogens (primary N) is 1. The third kappa shape index (κ3) is 4.24. The van der Waals surface area contributed by atoms with Crippen molar-refractivity contribution in [1.29, 1.82) is 0 Å². The Bertz CT molecular complexity index is 1420. The van der Waals surface area contributed by atoms with Crippen LogP contribution in [0.3, 0.4) is 0 Å². The van der Waals surface area contributed by atoms with Crippen LogP contribution in [0.5, 0.6) is 11.8 Å². The molecule has 4 aromatic rings. The van der Waals surface area contributed by atoms with E-state index in [2.05, 4.69) is 10.3 Å². The summed E-state index contributed by atoms with van der Waals surface area (Å²) in [6, 6.07) is 12.3. The third-order valence-electron chi connectivity index (χ3n) is 5.74. The summed E-state index contributed by atoms with van der Waals surface area (Å²) in [4.78, 5) is 25.8. The van der Waals surface area contributed by atoms with Crippen LogP contribution in [0.2, 0.25) is 0 Å². The molecule has 11 nitrogen and oxygen atoms in total. The van der Waals surface area contributed by atoms with Crippen molar-refractivity contribution < 1.29 is 24.3 Å². The van der Waals surface area contributed by atoms with Gasteiger partial charge in [0.25, 0.3) is 5.91 Å². The molecule has 5 rings (SSSR count). The Morgan fingerprint density at radius 1 is 1.23 bits per heavy atom. The minimum absolute atomic E-state index is 0.209. The van der Waals surface area contributed by atoms with Crippen molar-refractivity contribution in [2.45, 2.75) is 19.4 Å². The van der Waals surface area contributed by atoms with Gasteiger partial charge in [-0.15, -0.1) is 0 Å². The lowest BCUT2D eigenvalue weighted by Gasteiger charge is -2.21. The number of anilines is 1. The van der Waals surface area contributed by atoms with Gasteiger partial charge < -0.3 is 30.6 Å². The minimum atomic E-state index is -1.55. The summed E-state index contributed by atoms with van der Waals surface area (Å²) in [6.45, 7) is 0.913. The van der Waals surface area contributed by atoms with E-state index in [0.29, 0.717) is 53.6 Å². The zero-order valence-corrected chi connectivity index (χ0v) is 18.9. The molecule has 1 aliphatic rings. The second kappa shape index (κ2) is 9.24. The van der Waals surface area contributed by atoms with Gasteiger partial charge in [-0.3, -0.25) is 4.79 Å². The molecular formula is C23H23BN6O5. The van der Waals surface area contributed by atoms with Gasteiger partial charge in [0.2, 0.25) is 5.95 Å². The summed E-state index contributed by atoms with van der Waals surface area (Å²) in [5, 5.41) is 22.2. The van der Waals surface area contributed by atoms with Crippen LogP contribution in [0.1, 0.15) is 28.0 Å². The number of ether oxygens (including phenoxy) is 2. The molecule has 2 aromatic heterocycles. The highest BCUT2D eigenvalue weighted by Gasteiger charge is 2.24. The Balaban J connectivity index is 1.59. The molecule has 2 aromatic carbocycles.